The van der Waals surface area contributed by atoms with E-state index in [1.165, 1.54) is 0 Å². The largest absolute Gasteiger partial charge is 0.312 e. The number of hydrogen-bond donors (Lipinski definition) is 1. The molecular weight excluding hydrogens is 330 g/mol. The molecule has 7 heteroatoms. The van der Waals surface area contributed by atoms with Crippen LogP contribution in [0.1, 0.15) is 24.1 Å². The Hall–Kier alpha value is -3.14. The molecule has 1 N–H and O–H groups in total. The fraction of sp³-hybridized carbons (Fsp3) is 0.368. The number of aromatic nitrogens is 2. The maximum Gasteiger partial charge on any atom is 0.230 e. The van der Waals surface area contributed by atoms with Crippen molar-refractivity contribution in [1.82, 2.24) is 9.78 Å². The number of amides is 2. The Bertz CT molecular complexity index is 863. The van der Waals surface area contributed by atoms with Crippen LogP contribution in [0.3, 0.4) is 0 Å². The maximum atomic E-state index is 12.6. The summed E-state index contributed by atoms with van der Waals surface area (Å²) >= 11 is 0. The number of rotatable bonds is 5. The highest BCUT2D eigenvalue weighted by Crippen LogP contribution is 2.26. The van der Waals surface area contributed by atoms with Gasteiger partial charge in [-0.2, -0.15) is 10.4 Å². The SMILES string of the molecule is Cc1ccc(N2C[C@H](C(=O)Nc3cc(C)nn3CCC#N)CC2=O)cc1. The second-order valence-corrected chi connectivity index (χ2v) is 6.53. The molecule has 1 aromatic heterocycles. The van der Waals surface area contributed by atoms with Crippen LogP contribution < -0.4 is 10.2 Å². The van der Waals surface area contributed by atoms with Crippen LogP contribution in [-0.4, -0.2) is 28.1 Å². The normalized spacial score (nSPS) is 16.6. The first kappa shape index (κ1) is 17.7. The third kappa shape index (κ3) is 3.75. The minimum absolute atomic E-state index is 0.0526. The smallest absolute Gasteiger partial charge is 0.230 e. The van der Waals surface area contributed by atoms with Gasteiger partial charge in [0.1, 0.15) is 5.82 Å². The van der Waals surface area contributed by atoms with E-state index in [0.717, 1.165) is 16.9 Å². The number of benzene rings is 1. The molecule has 0 bridgehead atoms. The zero-order valence-corrected chi connectivity index (χ0v) is 14.9. The van der Waals surface area contributed by atoms with E-state index in [1.54, 1.807) is 15.6 Å². The molecule has 1 aromatic carbocycles. The van der Waals surface area contributed by atoms with Crippen molar-refractivity contribution in [1.29, 1.82) is 5.26 Å². The van der Waals surface area contributed by atoms with E-state index in [0.29, 0.717) is 25.3 Å². The minimum atomic E-state index is -0.413. The molecule has 1 aliphatic heterocycles. The van der Waals surface area contributed by atoms with Crippen LogP contribution in [0, 0.1) is 31.1 Å². The summed E-state index contributed by atoms with van der Waals surface area (Å²) in [5.74, 6) is -0.110. The molecule has 0 aliphatic carbocycles. The number of hydrogen-bond acceptors (Lipinski definition) is 4. The summed E-state index contributed by atoms with van der Waals surface area (Å²) in [6.45, 7) is 4.60. The first-order valence-corrected chi connectivity index (χ1v) is 8.57. The summed E-state index contributed by atoms with van der Waals surface area (Å²) in [5.41, 5.74) is 2.70. The molecule has 0 unspecified atom stereocenters. The fourth-order valence-electron chi connectivity index (χ4n) is 3.06. The first-order chi connectivity index (χ1) is 12.5. The van der Waals surface area contributed by atoms with Crippen molar-refractivity contribution >= 4 is 23.3 Å². The predicted molar refractivity (Wildman–Crippen MR) is 97.5 cm³/mol. The maximum absolute atomic E-state index is 12.6. The summed E-state index contributed by atoms with van der Waals surface area (Å²) in [4.78, 5) is 26.6. The summed E-state index contributed by atoms with van der Waals surface area (Å²) in [6, 6.07) is 11.5. The van der Waals surface area contributed by atoms with Crippen LogP contribution in [0.15, 0.2) is 30.3 Å². The lowest BCUT2D eigenvalue weighted by Crippen LogP contribution is -2.28. The number of carbonyl (C=O) groups is 2. The van der Waals surface area contributed by atoms with E-state index < -0.39 is 5.92 Å². The van der Waals surface area contributed by atoms with Crippen molar-refractivity contribution in [3.8, 4) is 6.07 Å². The molecule has 0 spiro atoms. The van der Waals surface area contributed by atoms with Crippen LogP contribution >= 0.6 is 0 Å². The van der Waals surface area contributed by atoms with Gasteiger partial charge in [0.05, 0.1) is 30.6 Å². The van der Waals surface area contributed by atoms with Crippen LogP contribution in [0.2, 0.25) is 0 Å². The third-order valence-corrected chi connectivity index (χ3v) is 4.43. The Kier molecular flexibility index (Phi) is 5.03. The van der Waals surface area contributed by atoms with Crippen LogP contribution in [0.5, 0.6) is 0 Å². The van der Waals surface area contributed by atoms with Crippen molar-refractivity contribution in [3.63, 3.8) is 0 Å². The number of nitrogens with zero attached hydrogens (tertiary/aromatic N) is 4. The number of nitrogens with one attached hydrogen (secondary N) is 1. The molecule has 2 aromatic rings. The van der Waals surface area contributed by atoms with Gasteiger partial charge in [0, 0.05) is 24.7 Å². The van der Waals surface area contributed by atoms with Crippen molar-refractivity contribution in [2.45, 2.75) is 33.2 Å². The molecule has 1 aliphatic rings. The molecule has 0 saturated carbocycles. The number of anilines is 2. The Labute approximate surface area is 152 Å². The average Bonchev–Trinajstić information content (AvgIpc) is 3.16. The van der Waals surface area contributed by atoms with Gasteiger partial charge >= 0.3 is 0 Å². The van der Waals surface area contributed by atoms with Crippen molar-refractivity contribution in [3.05, 3.63) is 41.6 Å². The molecule has 134 valence electrons. The van der Waals surface area contributed by atoms with Crippen LogP contribution in [-0.2, 0) is 16.1 Å². The molecule has 7 nitrogen and oxygen atoms in total. The summed E-state index contributed by atoms with van der Waals surface area (Å²) in [7, 11) is 0. The second-order valence-electron chi connectivity index (χ2n) is 6.53. The quantitative estimate of drug-likeness (QED) is 0.895. The molecule has 3 rings (SSSR count). The molecule has 2 heterocycles. The average molecular weight is 351 g/mol. The molecule has 0 radical (unpaired) electrons. The molecule has 26 heavy (non-hydrogen) atoms. The molecule has 1 fully saturated rings. The monoisotopic (exact) mass is 351 g/mol. The first-order valence-electron chi connectivity index (χ1n) is 8.57. The lowest BCUT2D eigenvalue weighted by atomic mass is 10.1. The highest BCUT2D eigenvalue weighted by Gasteiger charge is 2.35. The van der Waals surface area contributed by atoms with Crippen molar-refractivity contribution in [2.75, 3.05) is 16.8 Å². The van der Waals surface area contributed by atoms with Gasteiger partial charge in [-0.1, -0.05) is 17.7 Å². The number of carbonyl (C=O) groups excluding carboxylic acids is 2. The zero-order chi connectivity index (χ0) is 18.7. The third-order valence-electron chi connectivity index (χ3n) is 4.43. The highest BCUT2D eigenvalue weighted by molar-refractivity contribution is 6.03. The van der Waals surface area contributed by atoms with E-state index in [-0.39, 0.29) is 18.2 Å². The predicted octanol–water partition coefficient (Wildman–Crippen LogP) is 2.41. The van der Waals surface area contributed by atoms with E-state index in [2.05, 4.69) is 16.5 Å². The minimum Gasteiger partial charge on any atom is -0.312 e. The number of aryl methyl sites for hydroxylation is 3. The van der Waals surface area contributed by atoms with E-state index in [9.17, 15) is 9.59 Å². The topological polar surface area (TPSA) is 91.0 Å². The Balaban J connectivity index is 1.69. The second kappa shape index (κ2) is 7.40. The van der Waals surface area contributed by atoms with E-state index >= 15 is 0 Å². The van der Waals surface area contributed by atoms with Gasteiger partial charge in [-0.3, -0.25) is 9.59 Å². The van der Waals surface area contributed by atoms with Crippen LogP contribution in [0.4, 0.5) is 11.5 Å². The van der Waals surface area contributed by atoms with Crippen molar-refractivity contribution < 1.29 is 9.59 Å². The van der Waals surface area contributed by atoms with Gasteiger partial charge in [0.25, 0.3) is 0 Å². The van der Waals surface area contributed by atoms with Crippen molar-refractivity contribution in [2.24, 2.45) is 5.92 Å². The van der Waals surface area contributed by atoms with E-state index in [4.69, 9.17) is 5.26 Å². The number of nitriles is 1. The summed E-state index contributed by atoms with van der Waals surface area (Å²) < 4.78 is 1.62. The molecule has 1 atom stereocenters. The van der Waals surface area contributed by atoms with Gasteiger partial charge in [-0.15, -0.1) is 0 Å². The molecule has 2 amide bonds. The Morgan fingerprint density at radius 2 is 2.08 bits per heavy atom. The lowest BCUT2D eigenvalue weighted by molar-refractivity contribution is -0.122. The molecule has 1 saturated heterocycles. The summed E-state index contributed by atoms with van der Waals surface area (Å²) in [5, 5.41) is 15.9. The standard InChI is InChI=1S/C19H21N5O2/c1-13-4-6-16(7-5-13)23-12-15(11-18(23)25)19(26)21-17-10-14(2)22-24(17)9-3-8-20/h4-7,10,15H,3,9,11-12H2,1-2H3,(H,21,26)/t15-/m1/s1. The molecular formula is C19H21N5O2. The Morgan fingerprint density at radius 1 is 1.35 bits per heavy atom. The van der Waals surface area contributed by atoms with Crippen LogP contribution in [0.25, 0.3) is 0 Å². The van der Waals surface area contributed by atoms with Gasteiger partial charge in [0.2, 0.25) is 11.8 Å². The fourth-order valence-corrected chi connectivity index (χ4v) is 3.06. The highest BCUT2D eigenvalue weighted by atomic mass is 16.2. The summed E-state index contributed by atoms with van der Waals surface area (Å²) in [6.07, 6.45) is 0.498. The van der Waals surface area contributed by atoms with Gasteiger partial charge in [0.15, 0.2) is 0 Å². The Morgan fingerprint density at radius 3 is 2.77 bits per heavy atom. The van der Waals surface area contributed by atoms with Gasteiger partial charge in [-0.25, -0.2) is 4.68 Å². The lowest BCUT2D eigenvalue weighted by Gasteiger charge is -2.17. The van der Waals surface area contributed by atoms with Gasteiger partial charge < -0.3 is 10.2 Å². The van der Waals surface area contributed by atoms with E-state index in [1.807, 2.05) is 38.1 Å². The van der Waals surface area contributed by atoms with Gasteiger partial charge in [-0.05, 0) is 26.0 Å². The zero-order valence-electron chi connectivity index (χ0n) is 14.9.